The molecule has 2 nitrogen and oxygen atoms in total. The Hall–Kier alpha value is -1.96. The predicted octanol–water partition coefficient (Wildman–Crippen LogP) is 4.57. The number of hydrogen-bond donors (Lipinski definition) is 2. The third kappa shape index (κ3) is 2.08. The maximum absolute atomic E-state index is 6.02. The fraction of sp³-hybridized carbons (Fsp3) is 0.429. The van der Waals surface area contributed by atoms with E-state index in [-0.39, 0.29) is 5.41 Å². The Morgan fingerprint density at radius 2 is 1.43 bits per heavy atom. The van der Waals surface area contributed by atoms with Crippen molar-refractivity contribution in [3.63, 3.8) is 0 Å². The molecule has 2 heteroatoms. The van der Waals surface area contributed by atoms with E-state index in [9.17, 15) is 0 Å². The summed E-state index contributed by atoms with van der Waals surface area (Å²) in [5.41, 5.74) is 19.5. The van der Waals surface area contributed by atoms with Gasteiger partial charge in [0, 0.05) is 16.8 Å². The summed E-state index contributed by atoms with van der Waals surface area (Å²) >= 11 is 0. The Morgan fingerprint density at radius 1 is 0.870 bits per heavy atom. The SMILES string of the molecule is Cc1cc(N)ccc1C1(c2ccc(N)cc2C)CC2CCC1C2. The molecule has 2 atom stereocenters. The standard InChI is InChI=1S/C21H26N2/c1-13-9-17(22)5-7-19(13)21(12-15-3-4-16(21)11-15)20-8-6-18(23)10-14(20)2/h5-10,15-16H,3-4,11-12,22-23H2,1-2H3. The third-order valence-electron chi connectivity index (χ3n) is 6.31. The molecule has 0 radical (unpaired) electrons. The van der Waals surface area contributed by atoms with Crippen LogP contribution in [0.4, 0.5) is 11.4 Å². The van der Waals surface area contributed by atoms with Crippen molar-refractivity contribution in [2.24, 2.45) is 11.8 Å². The molecule has 0 amide bonds. The molecule has 4 rings (SSSR count). The highest BCUT2D eigenvalue weighted by Gasteiger charge is 2.53. The van der Waals surface area contributed by atoms with Gasteiger partial charge in [0.2, 0.25) is 0 Å². The summed E-state index contributed by atoms with van der Waals surface area (Å²) in [6.07, 6.45) is 5.38. The molecule has 2 aromatic carbocycles. The van der Waals surface area contributed by atoms with Gasteiger partial charge in [-0.3, -0.25) is 0 Å². The lowest BCUT2D eigenvalue weighted by Crippen LogP contribution is -2.35. The number of benzene rings is 2. The zero-order valence-corrected chi connectivity index (χ0v) is 14.1. The lowest BCUT2D eigenvalue weighted by atomic mass is 9.62. The maximum Gasteiger partial charge on any atom is 0.0316 e. The van der Waals surface area contributed by atoms with Crippen molar-refractivity contribution in [2.75, 3.05) is 11.5 Å². The van der Waals surface area contributed by atoms with Gasteiger partial charge in [0.15, 0.2) is 0 Å². The lowest BCUT2D eigenvalue weighted by Gasteiger charge is -2.41. The van der Waals surface area contributed by atoms with Crippen LogP contribution in [0.5, 0.6) is 0 Å². The maximum atomic E-state index is 6.02. The molecule has 120 valence electrons. The number of hydrogen-bond acceptors (Lipinski definition) is 2. The van der Waals surface area contributed by atoms with Crippen molar-refractivity contribution < 1.29 is 0 Å². The molecule has 0 heterocycles. The average molecular weight is 306 g/mol. The zero-order chi connectivity index (χ0) is 16.2. The third-order valence-corrected chi connectivity index (χ3v) is 6.31. The van der Waals surface area contributed by atoms with Crippen LogP contribution in [0.2, 0.25) is 0 Å². The summed E-state index contributed by atoms with van der Waals surface area (Å²) in [6.45, 7) is 4.43. The number of nitrogens with two attached hydrogens (primary N) is 2. The van der Waals surface area contributed by atoms with E-state index in [1.165, 1.54) is 47.9 Å². The van der Waals surface area contributed by atoms with Gasteiger partial charge in [0.05, 0.1) is 0 Å². The molecule has 2 bridgehead atoms. The zero-order valence-electron chi connectivity index (χ0n) is 14.1. The average Bonchev–Trinajstić information content (AvgIpc) is 3.08. The van der Waals surface area contributed by atoms with Gasteiger partial charge in [0.1, 0.15) is 0 Å². The van der Waals surface area contributed by atoms with E-state index in [1.54, 1.807) is 0 Å². The molecular weight excluding hydrogens is 280 g/mol. The monoisotopic (exact) mass is 306 g/mol. The molecule has 2 aromatic rings. The largest absolute Gasteiger partial charge is 0.399 e. The minimum atomic E-state index is 0.151. The van der Waals surface area contributed by atoms with Crippen LogP contribution in [0.1, 0.15) is 47.9 Å². The van der Waals surface area contributed by atoms with Crippen LogP contribution in [0.15, 0.2) is 36.4 Å². The summed E-state index contributed by atoms with van der Waals surface area (Å²) < 4.78 is 0. The molecule has 4 N–H and O–H groups in total. The van der Waals surface area contributed by atoms with Crippen LogP contribution in [0.3, 0.4) is 0 Å². The molecule has 0 aromatic heterocycles. The van der Waals surface area contributed by atoms with Gasteiger partial charge >= 0.3 is 0 Å². The Balaban J connectivity index is 1.96. The van der Waals surface area contributed by atoms with Crippen LogP contribution in [0, 0.1) is 25.7 Å². The van der Waals surface area contributed by atoms with Crippen LogP contribution in [-0.2, 0) is 5.41 Å². The molecule has 2 unspecified atom stereocenters. The number of nitrogen functional groups attached to an aromatic ring is 2. The second-order valence-electron chi connectivity index (χ2n) is 7.70. The lowest BCUT2D eigenvalue weighted by molar-refractivity contribution is 0.318. The molecule has 2 fully saturated rings. The van der Waals surface area contributed by atoms with Gasteiger partial charge in [-0.2, -0.15) is 0 Å². The highest BCUT2D eigenvalue weighted by Crippen LogP contribution is 2.61. The van der Waals surface area contributed by atoms with Crippen LogP contribution >= 0.6 is 0 Å². The van der Waals surface area contributed by atoms with Crippen molar-refractivity contribution in [3.8, 4) is 0 Å². The first-order valence-electron chi connectivity index (χ1n) is 8.74. The summed E-state index contributed by atoms with van der Waals surface area (Å²) in [7, 11) is 0. The first kappa shape index (κ1) is 14.6. The second kappa shape index (κ2) is 5.02. The van der Waals surface area contributed by atoms with E-state index >= 15 is 0 Å². The predicted molar refractivity (Wildman–Crippen MR) is 97.4 cm³/mol. The van der Waals surface area contributed by atoms with Crippen molar-refractivity contribution in [3.05, 3.63) is 58.7 Å². The van der Waals surface area contributed by atoms with Gasteiger partial charge < -0.3 is 11.5 Å². The summed E-state index contributed by atoms with van der Waals surface area (Å²) in [4.78, 5) is 0. The van der Waals surface area contributed by atoms with Crippen molar-refractivity contribution in [2.45, 2.75) is 44.9 Å². The Kier molecular flexibility index (Phi) is 3.19. The first-order chi connectivity index (χ1) is 11.0. The molecule has 23 heavy (non-hydrogen) atoms. The fourth-order valence-corrected chi connectivity index (χ4v) is 5.51. The summed E-state index contributed by atoms with van der Waals surface area (Å²) in [5.74, 6) is 1.62. The number of anilines is 2. The van der Waals surface area contributed by atoms with E-state index in [2.05, 4.69) is 50.2 Å². The number of rotatable bonds is 2. The van der Waals surface area contributed by atoms with Gasteiger partial charge in [-0.25, -0.2) is 0 Å². The number of aryl methyl sites for hydroxylation is 2. The van der Waals surface area contributed by atoms with E-state index in [1.807, 2.05) is 0 Å². The number of fused-ring (bicyclic) bond motifs is 2. The topological polar surface area (TPSA) is 52.0 Å². The van der Waals surface area contributed by atoms with E-state index in [0.717, 1.165) is 23.2 Å². The van der Waals surface area contributed by atoms with Gasteiger partial charge in [-0.15, -0.1) is 0 Å². The highest BCUT2D eigenvalue weighted by molar-refractivity contribution is 5.56. The molecule has 2 aliphatic carbocycles. The highest BCUT2D eigenvalue weighted by atomic mass is 14.6. The molecule has 2 aliphatic rings. The molecule has 0 aliphatic heterocycles. The van der Waals surface area contributed by atoms with Crippen LogP contribution in [-0.4, -0.2) is 0 Å². The van der Waals surface area contributed by atoms with Gasteiger partial charge in [-0.05, 0) is 91.5 Å². The quantitative estimate of drug-likeness (QED) is 0.798. The second-order valence-corrected chi connectivity index (χ2v) is 7.70. The Bertz CT molecular complexity index is 711. The smallest absolute Gasteiger partial charge is 0.0316 e. The van der Waals surface area contributed by atoms with Gasteiger partial charge in [-0.1, -0.05) is 18.6 Å². The molecule has 0 spiro atoms. The van der Waals surface area contributed by atoms with Crippen molar-refractivity contribution in [1.82, 2.24) is 0 Å². The Labute approximate surface area is 138 Å². The molecule has 0 saturated heterocycles. The van der Waals surface area contributed by atoms with Crippen molar-refractivity contribution >= 4 is 11.4 Å². The van der Waals surface area contributed by atoms with Gasteiger partial charge in [0.25, 0.3) is 0 Å². The molecular formula is C21H26N2. The first-order valence-corrected chi connectivity index (χ1v) is 8.74. The summed E-state index contributed by atoms with van der Waals surface area (Å²) in [6, 6.07) is 13.0. The van der Waals surface area contributed by atoms with E-state index in [4.69, 9.17) is 11.5 Å². The minimum absolute atomic E-state index is 0.151. The summed E-state index contributed by atoms with van der Waals surface area (Å²) in [5, 5.41) is 0. The van der Waals surface area contributed by atoms with E-state index in [0.29, 0.717) is 0 Å². The normalized spacial score (nSPS) is 25.0. The Morgan fingerprint density at radius 3 is 1.83 bits per heavy atom. The van der Waals surface area contributed by atoms with E-state index < -0.39 is 0 Å². The molecule has 2 saturated carbocycles. The van der Waals surface area contributed by atoms with Crippen molar-refractivity contribution in [1.29, 1.82) is 0 Å². The van der Waals surface area contributed by atoms with Crippen LogP contribution < -0.4 is 11.5 Å². The minimum Gasteiger partial charge on any atom is -0.399 e. The fourth-order valence-electron chi connectivity index (χ4n) is 5.51. The van der Waals surface area contributed by atoms with Crippen LogP contribution in [0.25, 0.3) is 0 Å².